The minimum absolute atomic E-state index is 0.221. The highest BCUT2D eigenvalue weighted by molar-refractivity contribution is 5.95. The average Bonchev–Trinajstić information content (AvgIpc) is 2.51. The number of ether oxygens (including phenoxy) is 1. The van der Waals surface area contributed by atoms with Crippen molar-refractivity contribution in [3.8, 4) is 0 Å². The molecule has 26 heavy (non-hydrogen) atoms. The van der Waals surface area contributed by atoms with Crippen LogP contribution in [0.15, 0.2) is 24.3 Å². The van der Waals surface area contributed by atoms with Crippen LogP contribution in [-0.2, 0) is 4.74 Å². The van der Waals surface area contributed by atoms with E-state index in [-0.39, 0.29) is 11.1 Å². The molecule has 148 valence electrons. The Morgan fingerprint density at radius 1 is 0.962 bits per heavy atom. The van der Waals surface area contributed by atoms with E-state index >= 15 is 0 Å². The van der Waals surface area contributed by atoms with Gasteiger partial charge in [0.2, 0.25) is 0 Å². The van der Waals surface area contributed by atoms with Gasteiger partial charge in [-0.25, -0.2) is 0 Å². The second-order valence-electron chi connectivity index (χ2n) is 5.42. The van der Waals surface area contributed by atoms with E-state index < -0.39 is 42.3 Å². The zero-order chi connectivity index (χ0) is 20.6. The van der Waals surface area contributed by atoms with Gasteiger partial charge in [0, 0.05) is 19.1 Å². The van der Waals surface area contributed by atoms with Crippen LogP contribution < -0.4 is 0 Å². The Morgan fingerprint density at radius 2 is 1.46 bits per heavy atom. The van der Waals surface area contributed by atoms with Crippen molar-refractivity contribution in [3.05, 3.63) is 35.4 Å². The topological polar surface area (TPSA) is 26.3 Å². The second kappa shape index (κ2) is 7.09. The van der Waals surface area contributed by atoms with Gasteiger partial charge in [-0.2, -0.15) is 39.5 Å². The maximum atomic E-state index is 13.8. The van der Waals surface area contributed by atoms with Crippen LogP contribution >= 0.6 is 0 Å². The number of Topliss-reactive ketones (excluding diaryl/α,β-unsaturated/α-hetero) is 1. The molecule has 1 aromatic carbocycles. The lowest BCUT2D eigenvalue weighted by Crippen LogP contribution is -2.61. The Labute approximate surface area is 141 Å². The van der Waals surface area contributed by atoms with Crippen molar-refractivity contribution in [1.29, 1.82) is 0 Å². The van der Waals surface area contributed by atoms with Gasteiger partial charge in [0.05, 0.1) is 6.10 Å². The first-order valence-electron chi connectivity index (χ1n) is 6.93. The van der Waals surface area contributed by atoms with Crippen molar-refractivity contribution >= 4 is 5.78 Å². The third-order valence-corrected chi connectivity index (χ3v) is 3.62. The molecule has 0 radical (unpaired) electrons. The highest BCUT2D eigenvalue weighted by atomic mass is 19.4. The Bertz CT molecular complexity index is 653. The molecule has 0 aliphatic rings. The van der Waals surface area contributed by atoms with E-state index in [4.69, 9.17) is 0 Å². The molecule has 1 unspecified atom stereocenters. The molecule has 11 heteroatoms. The molecule has 0 amide bonds. The first kappa shape index (κ1) is 22.3. The zero-order valence-electron chi connectivity index (χ0n) is 13.3. The van der Waals surface area contributed by atoms with Crippen molar-refractivity contribution in [2.75, 3.05) is 7.11 Å². The lowest BCUT2D eigenvalue weighted by molar-refractivity contribution is -0.398. The van der Waals surface area contributed by atoms with Crippen molar-refractivity contribution in [2.45, 2.75) is 43.4 Å². The molecular formula is C15H13F9O2. The van der Waals surface area contributed by atoms with Crippen LogP contribution in [0.4, 0.5) is 39.5 Å². The minimum atomic E-state index is -6.97. The van der Waals surface area contributed by atoms with Gasteiger partial charge < -0.3 is 4.74 Å². The number of methoxy groups -OCH3 is 1. The molecule has 1 atom stereocenters. The molecule has 0 N–H and O–H groups in total. The van der Waals surface area contributed by atoms with Gasteiger partial charge in [-0.3, -0.25) is 4.79 Å². The van der Waals surface area contributed by atoms with E-state index in [2.05, 4.69) is 4.74 Å². The van der Waals surface area contributed by atoms with Gasteiger partial charge in [-0.15, -0.1) is 0 Å². The fraction of sp³-hybridized carbons (Fsp3) is 0.533. The van der Waals surface area contributed by atoms with Gasteiger partial charge in [0.15, 0.2) is 5.78 Å². The Hall–Kier alpha value is -1.78. The van der Waals surface area contributed by atoms with Gasteiger partial charge in [-0.1, -0.05) is 24.3 Å². The summed E-state index contributed by atoms with van der Waals surface area (Å²) in [5, 5.41) is 0. The first-order valence-corrected chi connectivity index (χ1v) is 6.93. The van der Waals surface area contributed by atoms with Crippen molar-refractivity contribution in [3.63, 3.8) is 0 Å². The van der Waals surface area contributed by atoms with Crippen LogP contribution in [0, 0.1) is 0 Å². The number of carbonyl (C=O) groups excluding carboxylic acids is 1. The molecule has 0 saturated carbocycles. The van der Waals surface area contributed by atoms with Crippen LogP contribution in [0.5, 0.6) is 0 Å². The molecule has 1 aromatic rings. The van der Waals surface area contributed by atoms with Gasteiger partial charge in [0.1, 0.15) is 0 Å². The highest BCUT2D eigenvalue weighted by Gasteiger charge is 2.81. The van der Waals surface area contributed by atoms with Crippen LogP contribution in [-0.4, -0.2) is 36.8 Å². The molecule has 0 fully saturated rings. The third-order valence-electron chi connectivity index (χ3n) is 3.62. The van der Waals surface area contributed by atoms with Gasteiger partial charge >= 0.3 is 23.9 Å². The smallest absolute Gasteiger partial charge is 0.377 e. The Balaban J connectivity index is 3.31. The number of hydrogen-bond donors (Lipinski definition) is 0. The van der Waals surface area contributed by atoms with Crippen molar-refractivity contribution in [2.24, 2.45) is 0 Å². The van der Waals surface area contributed by atoms with Crippen LogP contribution in [0.2, 0.25) is 0 Å². The van der Waals surface area contributed by atoms with Crippen molar-refractivity contribution in [1.82, 2.24) is 0 Å². The second-order valence-corrected chi connectivity index (χ2v) is 5.42. The van der Waals surface area contributed by atoms with Crippen LogP contribution in [0.1, 0.15) is 35.4 Å². The number of hydrogen-bond acceptors (Lipinski definition) is 2. The van der Waals surface area contributed by atoms with E-state index in [9.17, 15) is 44.3 Å². The average molecular weight is 396 g/mol. The van der Waals surface area contributed by atoms with E-state index in [1.54, 1.807) is 0 Å². The molecule has 0 bridgehead atoms. The minimum Gasteiger partial charge on any atom is -0.377 e. The standard InChI is InChI=1S/C15H13F9O2/c1-8(25)9-5-3-4-6-10(9)11(26-2)7-12(16,17)13(18,19)14(20,21)15(22,23)24/h3-6,11H,7H2,1-2H3. The molecule has 0 aliphatic heterocycles. The van der Waals surface area contributed by atoms with E-state index in [1.807, 2.05) is 0 Å². The van der Waals surface area contributed by atoms with Crippen LogP contribution in [0.25, 0.3) is 0 Å². The number of halogens is 9. The van der Waals surface area contributed by atoms with Gasteiger partial charge in [0.25, 0.3) is 0 Å². The summed E-state index contributed by atoms with van der Waals surface area (Å²) in [4.78, 5) is 11.5. The SMILES string of the molecule is COC(CC(F)(F)C(F)(F)C(F)(F)C(F)(F)F)c1ccccc1C(C)=O. The van der Waals surface area contributed by atoms with E-state index in [0.717, 1.165) is 26.2 Å². The molecule has 0 saturated heterocycles. The first-order chi connectivity index (χ1) is 11.6. The van der Waals surface area contributed by atoms with E-state index in [1.165, 1.54) is 12.1 Å². The third kappa shape index (κ3) is 3.81. The monoisotopic (exact) mass is 396 g/mol. The summed E-state index contributed by atoms with van der Waals surface area (Å²) in [6.45, 7) is 1.02. The quantitative estimate of drug-likeness (QED) is 0.454. The summed E-state index contributed by atoms with van der Waals surface area (Å²) in [6.07, 6.45) is -11.1. The lowest BCUT2D eigenvalue weighted by Gasteiger charge is -2.35. The predicted molar refractivity (Wildman–Crippen MR) is 71.7 cm³/mol. The molecule has 0 spiro atoms. The summed E-state index contributed by atoms with van der Waals surface area (Å²) < 4.78 is 121. The molecular weight excluding hydrogens is 383 g/mol. The number of benzene rings is 1. The maximum Gasteiger partial charge on any atom is 0.460 e. The molecule has 0 aromatic heterocycles. The number of ketones is 1. The summed E-state index contributed by atoms with van der Waals surface area (Å²) >= 11 is 0. The van der Waals surface area contributed by atoms with Crippen molar-refractivity contribution < 1.29 is 49.0 Å². The number of carbonyl (C=O) groups is 1. The van der Waals surface area contributed by atoms with Crippen LogP contribution in [0.3, 0.4) is 0 Å². The highest BCUT2D eigenvalue weighted by Crippen LogP contribution is 2.55. The predicted octanol–water partition coefficient (Wildman–Crippen LogP) is 5.44. The maximum absolute atomic E-state index is 13.8. The lowest BCUT2D eigenvalue weighted by atomic mass is 9.92. The summed E-state index contributed by atoms with van der Waals surface area (Å²) in [5.74, 6) is -20.2. The normalized spacial score (nSPS) is 15.0. The van der Waals surface area contributed by atoms with Gasteiger partial charge in [-0.05, 0) is 12.5 Å². The molecule has 2 nitrogen and oxygen atoms in total. The molecule has 1 rings (SSSR count). The fourth-order valence-corrected chi connectivity index (χ4v) is 2.19. The number of alkyl halides is 9. The molecule has 0 aliphatic carbocycles. The Kier molecular flexibility index (Phi) is 6.07. The summed E-state index contributed by atoms with van der Waals surface area (Å²) in [6, 6.07) is 4.73. The Morgan fingerprint density at radius 3 is 1.88 bits per heavy atom. The van der Waals surface area contributed by atoms with E-state index in [0.29, 0.717) is 0 Å². The fourth-order valence-electron chi connectivity index (χ4n) is 2.19. The summed E-state index contributed by atoms with van der Waals surface area (Å²) in [7, 11) is 0.762. The largest absolute Gasteiger partial charge is 0.460 e. The molecule has 0 heterocycles. The number of rotatable bonds is 7. The zero-order valence-corrected chi connectivity index (χ0v) is 13.3. The summed E-state index contributed by atoms with van der Waals surface area (Å²) in [5.41, 5.74) is -0.561.